The number of aryl methyl sites for hydroxylation is 1. The SMILES string of the molecule is CCN(C(=O)c1cc(Cl)ccn1)c1ccccc1C. The zero-order valence-electron chi connectivity index (χ0n) is 10.9. The van der Waals surface area contributed by atoms with Crippen LogP contribution >= 0.6 is 11.6 Å². The van der Waals surface area contributed by atoms with E-state index in [4.69, 9.17) is 11.6 Å². The molecule has 0 aliphatic heterocycles. The van der Waals surface area contributed by atoms with Crippen molar-refractivity contribution in [3.63, 3.8) is 0 Å². The molecule has 0 spiro atoms. The Morgan fingerprint density at radius 3 is 2.68 bits per heavy atom. The van der Waals surface area contributed by atoms with Crippen LogP contribution in [-0.2, 0) is 0 Å². The molecule has 2 aromatic rings. The van der Waals surface area contributed by atoms with Gasteiger partial charge in [-0.15, -0.1) is 0 Å². The third-order valence-electron chi connectivity index (χ3n) is 2.91. The second-order valence-corrected chi connectivity index (χ2v) is 4.63. The summed E-state index contributed by atoms with van der Waals surface area (Å²) < 4.78 is 0. The van der Waals surface area contributed by atoms with Gasteiger partial charge in [-0.1, -0.05) is 29.8 Å². The van der Waals surface area contributed by atoms with Gasteiger partial charge in [-0.05, 0) is 37.6 Å². The molecule has 0 radical (unpaired) electrons. The van der Waals surface area contributed by atoms with Crippen LogP contribution in [0.3, 0.4) is 0 Å². The summed E-state index contributed by atoms with van der Waals surface area (Å²) in [6, 6.07) is 11.0. The van der Waals surface area contributed by atoms with Crippen molar-refractivity contribution in [2.45, 2.75) is 13.8 Å². The molecule has 1 aromatic carbocycles. The molecule has 0 saturated heterocycles. The highest BCUT2D eigenvalue weighted by Crippen LogP contribution is 2.21. The molecule has 1 heterocycles. The minimum atomic E-state index is -0.140. The fourth-order valence-electron chi connectivity index (χ4n) is 1.95. The quantitative estimate of drug-likeness (QED) is 0.855. The van der Waals surface area contributed by atoms with Crippen LogP contribution in [0.2, 0.25) is 5.02 Å². The molecule has 2 rings (SSSR count). The van der Waals surface area contributed by atoms with Crippen LogP contribution in [0.5, 0.6) is 0 Å². The molecule has 0 atom stereocenters. The minimum absolute atomic E-state index is 0.140. The van der Waals surface area contributed by atoms with Crippen molar-refractivity contribution in [2.75, 3.05) is 11.4 Å². The first-order valence-corrected chi connectivity index (χ1v) is 6.50. The number of hydrogen-bond donors (Lipinski definition) is 0. The van der Waals surface area contributed by atoms with Gasteiger partial charge in [0.05, 0.1) is 0 Å². The predicted octanol–water partition coefficient (Wildman–Crippen LogP) is 3.71. The van der Waals surface area contributed by atoms with Crippen LogP contribution in [0.15, 0.2) is 42.6 Å². The molecular formula is C15H15ClN2O. The Bertz CT molecular complexity index is 598. The molecule has 98 valence electrons. The number of amides is 1. The third kappa shape index (κ3) is 2.93. The smallest absolute Gasteiger partial charge is 0.276 e. The van der Waals surface area contributed by atoms with Crippen LogP contribution in [-0.4, -0.2) is 17.4 Å². The van der Waals surface area contributed by atoms with Gasteiger partial charge in [0.25, 0.3) is 5.91 Å². The van der Waals surface area contributed by atoms with Crippen LogP contribution in [0, 0.1) is 6.92 Å². The Labute approximate surface area is 117 Å². The van der Waals surface area contributed by atoms with Crippen molar-refractivity contribution in [1.29, 1.82) is 0 Å². The molecule has 0 aliphatic carbocycles. The molecular weight excluding hydrogens is 260 g/mol. The zero-order valence-corrected chi connectivity index (χ0v) is 11.7. The van der Waals surface area contributed by atoms with Gasteiger partial charge in [0.1, 0.15) is 5.69 Å². The number of aromatic nitrogens is 1. The summed E-state index contributed by atoms with van der Waals surface area (Å²) in [5.74, 6) is -0.140. The Morgan fingerprint density at radius 2 is 2.05 bits per heavy atom. The lowest BCUT2D eigenvalue weighted by Gasteiger charge is -2.22. The molecule has 0 fully saturated rings. The van der Waals surface area contributed by atoms with E-state index in [2.05, 4.69) is 4.98 Å². The lowest BCUT2D eigenvalue weighted by Crippen LogP contribution is -2.31. The molecule has 1 aromatic heterocycles. The molecule has 19 heavy (non-hydrogen) atoms. The highest BCUT2D eigenvalue weighted by Gasteiger charge is 2.18. The van der Waals surface area contributed by atoms with Gasteiger partial charge in [0.2, 0.25) is 0 Å². The van der Waals surface area contributed by atoms with Crippen LogP contribution in [0.1, 0.15) is 23.0 Å². The molecule has 1 amide bonds. The van der Waals surface area contributed by atoms with Gasteiger partial charge in [-0.3, -0.25) is 9.78 Å². The van der Waals surface area contributed by atoms with Crippen molar-refractivity contribution < 1.29 is 4.79 Å². The normalized spacial score (nSPS) is 10.3. The highest BCUT2D eigenvalue weighted by atomic mass is 35.5. The summed E-state index contributed by atoms with van der Waals surface area (Å²) in [6.07, 6.45) is 1.54. The van der Waals surface area contributed by atoms with E-state index in [0.29, 0.717) is 17.3 Å². The first-order chi connectivity index (χ1) is 9.13. The summed E-state index contributed by atoms with van der Waals surface area (Å²) >= 11 is 5.90. The van der Waals surface area contributed by atoms with E-state index in [1.54, 1.807) is 23.2 Å². The van der Waals surface area contributed by atoms with Gasteiger partial charge in [-0.25, -0.2) is 0 Å². The van der Waals surface area contributed by atoms with Gasteiger partial charge >= 0.3 is 0 Å². The molecule has 0 N–H and O–H groups in total. The summed E-state index contributed by atoms with van der Waals surface area (Å²) in [4.78, 5) is 18.3. The highest BCUT2D eigenvalue weighted by molar-refractivity contribution is 6.31. The lowest BCUT2D eigenvalue weighted by atomic mass is 10.1. The molecule has 0 unspecified atom stereocenters. The average Bonchev–Trinajstić information content (AvgIpc) is 2.41. The third-order valence-corrected chi connectivity index (χ3v) is 3.14. The number of pyridine rings is 1. The number of halogens is 1. The van der Waals surface area contributed by atoms with Crippen molar-refractivity contribution in [2.24, 2.45) is 0 Å². The van der Waals surface area contributed by atoms with E-state index in [-0.39, 0.29) is 5.91 Å². The van der Waals surface area contributed by atoms with Crippen molar-refractivity contribution >= 4 is 23.2 Å². The standard InChI is InChI=1S/C15H15ClN2O/c1-3-18(14-7-5-4-6-11(14)2)15(19)13-10-12(16)8-9-17-13/h4-10H,3H2,1-2H3. The second-order valence-electron chi connectivity index (χ2n) is 4.20. The second kappa shape index (κ2) is 5.85. The Morgan fingerprint density at radius 1 is 1.32 bits per heavy atom. The number of carbonyl (C=O) groups excluding carboxylic acids is 1. The van der Waals surface area contributed by atoms with Gasteiger partial charge < -0.3 is 4.90 Å². The Balaban J connectivity index is 2.38. The van der Waals surface area contributed by atoms with Crippen molar-refractivity contribution in [3.05, 3.63) is 58.9 Å². The van der Waals surface area contributed by atoms with Crippen molar-refractivity contribution in [3.8, 4) is 0 Å². The van der Waals surface area contributed by atoms with E-state index in [1.807, 2.05) is 38.1 Å². The summed E-state index contributed by atoms with van der Waals surface area (Å²) in [7, 11) is 0. The Kier molecular flexibility index (Phi) is 4.17. The fourth-order valence-corrected chi connectivity index (χ4v) is 2.11. The number of hydrogen-bond acceptors (Lipinski definition) is 2. The number of benzene rings is 1. The molecule has 3 nitrogen and oxygen atoms in total. The lowest BCUT2D eigenvalue weighted by molar-refractivity contribution is 0.0983. The van der Waals surface area contributed by atoms with Gasteiger partial charge in [0, 0.05) is 23.5 Å². The summed E-state index contributed by atoms with van der Waals surface area (Å²) in [6.45, 7) is 4.50. The van der Waals surface area contributed by atoms with Crippen LogP contribution in [0.25, 0.3) is 0 Å². The topological polar surface area (TPSA) is 33.2 Å². The van der Waals surface area contributed by atoms with Gasteiger partial charge in [-0.2, -0.15) is 0 Å². The largest absolute Gasteiger partial charge is 0.307 e. The Hall–Kier alpha value is -1.87. The molecule has 0 saturated carbocycles. The number of carbonyl (C=O) groups is 1. The van der Waals surface area contributed by atoms with E-state index >= 15 is 0 Å². The van der Waals surface area contributed by atoms with E-state index < -0.39 is 0 Å². The maximum absolute atomic E-state index is 12.5. The van der Waals surface area contributed by atoms with Crippen molar-refractivity contribution in [1.82, 2.24) is 4.98 Å². The molecule has 0 aliphatic rings. The van der Waals surface area contributed by atoms with Gasteiger partial charge in [0.15, 0.2) is 0 Å². The summed E-state index contributed by atoms with van der Waals surface area (Å²) in [5, 5.41) is 0.513. The number of nitrogens with zero attached hydrogens (tertiary/aromatic N) is 2. The number of rotatable bonds is 3. The number of anilines is 1. The predicted molar refractivity (Wildman–Crippen MR) is 77.8 cm³/mol. The molecule has 0 bridgehead atoms. The zero-order chi connectivity index (χ0) is 13.8. The fraction of sp³-hybridized carbons (Fsp3) is 0.200. The monoisotopic (exact) mass is 274 g/mol. The van der Waals surface area contributed by atoms with E-state index in [9.17, 15) is 4.79 Å². The maximum Gasteiger partial charge on any atom is 0.276 e. The van der Waals surface area contributed by atoms with Crippen LogP contribution in [0.4, 0.5) is 5.69 Å². The maximum atomic E-state index is 12.5. The minimum Gasteiger partial charge on any atom is -0.307 e. The molecule has 4 heteroatoms. The van der Waals surface area contributed by atoms with Crippen LogP contribution < -0.4 is 4.90 Å². The average molecular weight is 275 g/mol. The summed E-state index contributed by atoms with van der Waals surface area (Å²) in [5.41, 5.74) is 2.31. The first-order valence-electron chi connectivity index (χ1n) is 6.12. The number of para-hydroxylation sites is 1. The first kappa shape index (κ1) is 13.6. The van der Waals surface area contributed by atoms with E-state index in [0.717, 1.165) is 11.3 Å². The van der Waals surface area contributed by atoms with E-state index in [1.165, 1.54) is 0 Å².